The molecule has 4 rings (SSSR count). The minimum atomic E-state index is -3.10. The zero-order valence-electron chi connectivity index (χ0n) is 15.2. The first-order valence-electron chi connectivity index (χ1n) is 8.90. The van der Waals surface area contributed by atoms with Gasteiger partial charge in [0.2, 0.25) is 0 Å². The topological polar surface area (TPSA) is 66.8 Å². The smallest absolute Gasteiger partial charge is 0.252 e. The molecule has 2 aliphatic heterocycles. The van der Waals surface area contributed by atoms with Crippen molar-refractivity contribution >= 4 is 38.4 Å². The number of amidine groups is 1. The number of anilines is 1. The Hall–Kier alpha value is -2.19. The van der Waals surface area contributed by atoms with Crippen LogP contribution < -0.4 is 4.90 Å². The second-order valence-corrected chi connectivity index (χ2v) is 10.4. The molecule has 2 atom stereocenters. The van der Waals surface area contributed by atoms with Gasteiger partial charge < -0.3 is 4.90 Å². The fourth-order valence-corrected chi connectivity index (χ4v) is 7.53. The monoisotopic (exact) mass is 418 g/mol. The van der Waals surface area contributed by atoms with Crippen molar-refractivity contribution < 1.29 is 17.6 Å². The number of fused-ring (bicyclic) bond motifs is 1. The van der Waals surface area contributed by atoms with E-state index in [1.165, 1.54) is 23.9 Å². The first-order valence-corrected chi connectivity index (χ1v) is 11.6. The summed E-state index contributed by atoms with van der Waals surface area (Å²) in [7, 11) is -3.10. The lowest BCUT2D eigenvalue weighted by Gasteiger charge is -2.26. The Morgan fingerprint density at radius 2 is 1.89 bits per heavy atom. The third-order valence-electron chi connectivity index (χ3n) is 4.93. The van der Waals surface area contributed by atoms with Gasteiger partial charge in [0, 0.05) is 10.9 Å². The van der Waals surface area contributed by atoms with Crippen LogP contribution in [0.2, 0.25) is 0 Å². The predicted molar refractivity (Wildman–Crippen MR) is 110 cm³/mol. The van der Waals surface area contributed by atoms with Crippen LogP contribution in [-0.2, 0) is 21.1 Å². The van der Waals surface area contributed by atoms with Gasteiger partial charge >= 0.3 is 0 Å². The number of carbonyl (C=O) groups excluding carboxylic acids is 1. The van der Waals surface area contributed by atoms with Crippen LogP contribution in [-0.4, -0.2) is 42.3 Å². The van der Waals surface area contributed by atoms with E-state index in [1.54, 1.807) is 12.1 Å². The van der Waals surface area contributed by atoms with Gasteiger partial charge in [-0.1, -0.05) is 42.1 Å². The zero-order chi connectivity index (χ0) is 19.9. The fraction of sp³-hybridized carbons (Fsp3) is 0.300. The Morgan fingerprint density at radius 1 is 1.18 bits per heavy atom. The van der Waals surface area contributed by atoms with E-state index in [0.717, 1.165) is 11.3 Å². The highest BCUT2D eigenvalue weighted by molar-refractivity contribution is 8.16. The van der Waals surface area contributed by atoms with Gasteiger partial charge in [0.25, 0.3) is 5.91 Å². The summed E-state index contributed by atoms with van der Waals surface area (Å²) in [6.45, 7) is 1.95. The molecule has 2 aromatic rings. The second kappa shape index (κ2) is 7.33. The second-order valence-electron chi connectivity index (χ2n) is 7.05. The van der Waals surface area contributed by atoms with Crippen LogP contribution in [0.3, 0.4) is 0 Å². The molecule has 28 heavy (non-hydrogen) atoms. The van der Waals surface area contributed by atoms with E-state index >= 15 is 0 Å². The summed E-state index contributed by atoms with van der Waals surface area (Å²) in [6, 6.07) is 13.2. The molecule has 2 aromatic carbocycles. The molecule has 146 valence electrons. The first-order chi connectivity index (χ1) is 13.3. The molecule has 2 heterocycles. The van der Waals surface area contributed by atoms with E-state index in [9.17, 15) is 17.6 Å². The number of thioether (sulfide) groups is 1. The molecule has 0 radical (unpaired) electrons. The van der Waals surface area contributed by atoms with Crippen LogP contribution in [0.4, 0.5) is 10.1 Å². The average molecular weight is 419 g/mol. The molecular formula is C20H19FN2O3S2. The van der Waals surface area contributed by atoms with Crippen molar-refractivity contribution in [3.05, 3.63) is 65.5 Å². The van der Waals surface area contributed by atoms with Crippen molar-refractivity contribution in [1.29, 1.82) is 0 Å². The van der Waals surface area contributed by atoms with Gasteiger partial charge in [-0.2, -0.15) is 4.99 Å². The molecular weight excluding hydrogens is 399 g/mol. The molecule has 0 aliphatic carbocycles. The molecule has 0 bridgehead atoms. The average Bonchev–Trinajstić information content (AvgIpc) is 3.08. The molecule has 8 heteroatoms. The summed E-state index contributed by atoms with van der Waals surface area (Å²) in [5, 5.41) is 0.397. The standard InChI is InChI=1S/C20H19FN2O3S2/c1-13-4-2-3-5-16(13)23-17-11-28(25,26)12-18(17)27-20(23)22-19(24)10-14-6-8-15(21)9-7-14/h2-9,17-18H,10-12H2,1H3/t17-,18+/m1/s1. The maximum Gasteiger partial charge on any atom is 0.252 e. The van der Waals surface area contributed by atoms with Crippen LogP contribution in [0.15, 0.2) is 53.5 Å². The van der Waals surface area contributed by atoms with E-state index in [0.29, 0.717) is 10.7 Å². The number of aliphatic imine (C=N–C) groups is 1. The molecule has 2 fully saturated rings. The summed E-state index contributed by atoms with van der Waals surface area (Å²) in [4.78, 5) is 18.7. The normalized spacial score (nSPS) is 24.5. The maximum atomic E-state index is 13.1. The predicted octanol–water partition coefficient (Wildman–Crippen LogP) is 2.98. The number of nitrogens with zero attached hydrogens (tertiary/aromatic N) is 2. The quantitative estimate of drug-likeness (QED) is 0.767. The largest absolute Gasteiger partial charge is 0.315 e. The minimum Gasteiger partial charge on any atom is -0.315 e. The van der Waals surface area contributed by atoms with Gasteiger partial charge in [-0.3, -0.25) is 4.79 Å². The summed E-state index contributed by atoms with van der Waals surface area (Å²) in [5.41, 5.74) is 2.55. The van der Waals surface area contributed by atoms with Crippen LogP contribution >= 0.6 is 11.8 Å². The Bertz CT molecular complexity index is 1050. The van der Waals surface area contributed by atoms with Crippen molar-refractivity contribution in [2.24, 2.45) is 4.99 Å². The van der Waals surface area contributed by atoms with Gasteiger partial charge in [-0.25, -0.2) is 12.8 Å². The van der Waals surface area contributed by atoms with E-state index in [2.05, 4.69) is 4.99 Å². The van der Waals surface area contributed by atoms with Crippen molar-refractivity contribution in [1.82, 2.24) is 0 Å². The number of para-hydroxylation sites is 1. The summed E-state index contributed by atoms with van der Waals surface area (Å²) < 4.78 is 37.3. The number of amides is 1. The highest BCUT2D eigenvalue weighted by Crippen LogP contribution is 2.41. The van der Waals surface area contributed by atoms with Gasteiger partial charge in [0.1, 0.15) is 5.82 Å². The number of benzene rings is 2. The van der Waals surface area contributed by atoms with E-state index < -0.39 is 9.84 Å². The van der Waals surface area contributed by atoms with Crippen molar-refractivity contribution in [3.8, 4) is 0 Å². The Balaban J connectivity index is 1.65. The lowest BCUT2D eigenvalue weighted by Crippen LogP contribution is -2.38. The number of aryl methyl sites for hydroxylation is 1. The molecule has 0 saturated carbocycles. The molecule has 1 amide bonds. The number of rotatable bonds is 3. The molecule has 2 saturated heterocycles. The molecule has 5 nitrogen and oxygen atoms in total. The van der Waals surface area contributed by atoms with E-state index in [-0.39, 0.29) is 40.9 Å². The minimum absolute atomic E-state index is 0.0597. The lowest BCUT2D eigenvalue weighted by molar-refractivity contribution is -0.117. The Kier molecular flexibility index (Phi) is 5.01. The molecule has 0 N–H and O–H groups in total. The number of sulfone groups is 1. The third kappa shape index (κ3) is 3.84. The lowest BCUT2D eigenvalue weighted by atomic mass is 10.1. The van der Waals surface area contributed by atoms with Crippen molar-refractivity contribution in [2.75, 3.05) is 16.4 Å². The SMILES string of the molecule is Cc1ccccc1N1C(=NC(=O)Cc2ccc(F)cc2)S[C@H]2CS(=O)(=O)C[C@H]21. The van der Waals surface area contributed by atoms with Crippen LogP contribution in [0, 0.1) is 12.7 Å². The Labute approximate surface area is 167 Å². The van der Waals surface area contributed by atoms with E-state index in [1.807, 2.05) is 36.1 Å². The van der Waals surface area contributed by atoms with Gasteiger partial charge in [0.05, 0.1) is 24.0 Å². The van der Waals surface area contributed by atoms with Crippen LogP contribution in [0.25, 0.3) is 0 Å². The fourth-order valence-electron chi connectivity index (χ4n) is 3.60. The first kappa shape index (κ1) is 19.1. The highest BCUT2D eigenvalue weighted by Gasteiger charge is 2.49. The van der Waals surface area contributed by atoms with Crippen LogP contribution in [0.1, 0.15) is 11.1 Å². The van der Waals surface area contributed by atoms with E-state index in [4.69, 9.17) is 0 Å². The number of halogens is 1. The summed E-state index contributed by atoms with van der Waals surface area (Å²) >= 11 is 1.35. The highest BCUT2D eigenvalue weighted by atomic mass is 32.2. The molecule has 2 aliphatic rings. The summed E-state index contributed by atoms with van der Waals surface area (Å²) in [6.07, 6.45) is 0.0690. The number of hydrogen-bond acceptors (Lipinski definition) is 4. The zero-order valence-corrected chi connectivity index (χ0v) is 16.8. The third-order valence-corrected chi connectivity index (χ3v) is 8.14. The molecule has 0 unspecified atom stereocenters. The Morgan fingerprint density at radius 3 is 2.61 bits per heavy atom. The van der Waals surface area contributed by atoms with Crippen molar-refractivity contribution in [2.45, 2.75) is 24.6 Å². The number of carbonyl (C=O) groups is 1. The maximum absolute atomic E-state index is 13.1. The number of hydrogen-bond donors (Lipinski definition) is 0. The summed E-state index contributed by atoms with van der Waals surface area (Å²) in [5.74, 6) is -0.538. The van der Waals surface area contributed by atoms with Gasteiger partial charge in [-0.15, -0.1) is 0 Å². The van der Waals surface area contributed by atoms with Crippen LogP contribution in [0.5, 0.6) is 0 Å². The van der Waals surface area contributed by atoms with Gasteiger partial charge in [0.15, 0.2) is 15.0 Å². The molecule has 0 spiro atoms. The van der Waals surface area contributed by atoms with Crippen molar-refractivity contribution in [3.63, 3.8) is 0 Å². The van der Waals surface area contributed by atoms with Gasteiger partial charge in [-0.05, 0) is 36.2 Å². The molecule has 0 aromatic heterocycles.